The largest absolute Gasteiger partial charge is 0.508 e. The summed E-state index contributed by atoms with van der Waals surface area (Å²) >= 11 is 0. The summed E-state index contributed by atoms with van der Waals surface area (Å²) in [5.74, 6) is 0.174. The van der Waals surface area contributed by atoms with E-state index in [1.165, 1.54) is 74.1 Å². The van der Waals surface area contributed by atoms with Gasteiger partial charge in [0.15, 0.2) is 0 Å². The molecule has 0 aliphatic heterocycles. The van der Waals surface area contributed by atoms with Crippen LogP contribution in [0.5, 0.6) is 11.5 Å². The molecule has 0 aliphatic carbocycles. The molecule has 0 atom stereocenters. The molecule has 0 spiro atoms. The third kappa shape index (κ3) is 7.80. The molecule has 0 amide bonds. The molecule has 2 aromatic rings. The van der Waals surface area contributed by atoms with E-state index in [-0.39, 0.29) is 11.5 Å². The number of phenolic OH excluding ortho intramolecular Hbond substituents is 2. The Bertz CT molecular complexity index is 726. The minimum Gasteiger partial charge on any atom is -0.508 e. The van der Waals surface area contributed by atoms with Gasteiger partial charge in [-0.2, -0.15) is 0 Å². The van der Waals surface area contributed by atoms with Gasteiger partial charge in [0.05, 0.1) is 0 Å². The van der Waals surface area contributed by atoms with Crippen molar-refractivity contribution in [1.29, 1.82) is 0 Å². The fourth-order valence-electron chi connectivity index (χ4n) is 3.58. The van der Waals surface area contributed by atoms with Gasteiger partial charge in [0, 0.05) is 6.07 Å². The Balaban J connectivity index is 2.16. The molecule has 2 heteroatoms. The molecule has 2 aromatic carbocycles. The molecule has 28 heavy (non-hydrogen) atoms. The van der Waals surface area contributed by atoms with Crippen molar-refractivity contribution in [2.75, 3.05) is 0 Å². The predicted molar refractivity (Wildman–Crippen MR) is 121 cm³/mol. The van der Waals surface area contributed by atoms with Gasteiger partial charge in [0.25, 0.3) is 0 Å². The van der Waals surface area contributed by atoms with Gasteiger partial charge < -0.3 is 10.2 Å². The Labute approximate surface area is 170 Å². The lowest BCUT2D eigenvalue weighted by Crippen LogP contribution is -1.94. The van der Waals surface area contributed by atoms with E-state index in [1.807, 2.05) is 6.08 Å². The fourth-order valence-corrected chi connectivity index (χ4v) is 3.58. The first kappa shape index (κ1) is 22.1. The molecule has 2 nitrogen and oxygen atoms in total. The second-order valence-electron chi connectivity index (χ2n) is 7.77. The van der Waals surface area contributed by atoms with Crippen LogP contribution >= 0.6 is 0 Å². The van der Waals surface area contributed by atoms with E-state index in [2.05, 4.69) is 38.1 Å². The number of rotatable bonds is 12. The summed E-state index contributed by atoms with van der Waals surface area (Å²) in [6.45, 7) is 4.49. The summed E-state index contributed by atoms with van der Waals surface area (Å²) in [7, 11) is 0. The summed E-state index contributed by atoms with van der Waals surface area (Å²) < 4.78 is 0. The maximum Gasteiger partial charge on any atom is 0.119 e. The Kier molecular flexibility index (Phi) is 9.68. The lowest BCUT2D eigenvalue weighted by Gasteiger charge is -2.10. The predicted octanol–water partition coefficient (Wildman–Crippen LogP) is 7.51. The van der Waals surface area contributed by atoms with Crippen molar-refractivity contribution in [3.8, 4) is 11.5 Å². The zero-order chi connectivity index (χ0) is 20.2. The highest BCUT2D eigenvalue weighted by Crippen LogP contribution is 2.24. The van der Waals surface area contributed by atoms with E-state index in [1.54, 1.807) is 12.1 Å². The van der Waals surface area contributed by atoms with Crippen molar-refractivity contribution < 1.29 is 10.2 Å². The quantitative estimate of drug-likeness (QED) is 0.295. The van der Waals surface area contributed by atoms with E-state index < -0.39 is 0 Å². The number of aromatic hydroxyl groups is 2. The molecule has 2 rings (SSSR count). The van der Waals surface area contributed by atoms with Crippen molar-refractivity contribution in [2.45, 2.75) is 78.1 Å². The smallest absolute Gasteiger partial charge is 0.119 e. The van der Waals surface area contributed by atoms with Crippen LogP contribution in [0.15, 0.2) is 36.4 Å². The lowest BCUT2D eigenvalue weighted by molar-refractivity contribution is 0.450. The van der Waals surface area contributed by atoms with Crippen molar-refractivity contribution >= 4 is 12.2 Å². The van der Waals surface area contributed by atoms with E-state index in [0.717, 1.165) is 18.4 Å². The summed E-state index contributed by atoms with van der Waals surface area (Å²) in [4.78, 5) is 0. The van der Waals surface area contributed by atoms with E-state index in [0.29, 0.717) is 0 Å². The first-order chi connectivity index (χ1) is 13.6. The second-order valence-corrected chi connectivity index (χ2v) is 7.77. The maximum atomic E-state index is 9.70. The number of aryl methyl sites for hydroxylation is 2. The maximum absolute atomic E-state index is 9.70. The molecular formula is C26H36O2. The van der Waals surface area contributed by atoms with Crippen LogP contribution in [0, 0.1) is 0 Å². The normalized spacial score (nSPS) is 11.4. The SMILES string of the molecule is CCCCCCc1ccc(CCCCCC)c(/C=C/c2cc(O)cc(O)c2)c1. The summed E-state index contributed by atoms with van der Waals surface area (Å²) in [6.07, 6.45) is 16.5. The Hall–Kier alpha value is -2.22. The van der Waals surface area contributed by atoms with Gasteiger partial charge >= 0.3 is 0 Å². The van der Waals surface area contributed by atoms with Crippen molar-refractivity contribution in [3.63, 3.8) is 0 Å². The highest BCUT2D eigenvalue weighted by atomic mass is 16.3. The lowest BCUT2D eigenvalue weighted by atomic mass is 9.96. The molecule has 0 unspecified atom stereocenters. The van der Waals surface area contributed by atoms with E-state index >= 15 is 0 Å². The van der Waals surface area contributed by atoms with Gasteiger partial charge in [-0.1, -0.05) is 82.7 Å². The summed E-state index contributed by atoms with van der Waals surface area (Å²) in [6, 6.07) is 11.6. The first-order valence-corrected chi connectivity index (χ1v) is 10.9. The molecule has 0 saturated heterocycles. The minimum atomic E-state index is 0.0871. The summed E-state index contributed by atoms with van der Waals surface area (Å²) in [5, 5.41) is 19.4. The van der Waals surface area contributed by atoms with Crippen LogP contribution in [0.2, 0.25) is 0 Å². The van der Waals surface area contributed by atoms with Gasteiger partial charge in [-0.05, 0) is 60.1 Å². The third-order valence-electron chi connectivity index (χ3n) is 5.21. The van der Waals surface area contributed by atoms with E-state index in [9.17, 15) is 10.2 Å². The molecule has 0 fully saturated rings. The molecule has 152 valence electrons. The van der Waals surface area contributed by atoms with Crippen LogP contribution < -0.4 is 0 Å². The Morgan fingerprint density at radius 1 is 0.679 bits per heavy atom. The van der Waals surface area contributed by atoms with Gasteiger partial charge in [-0.3, -0.25) is 0 Å². The van der Waals surface area contributed by atoms with Crippen molar-refractivity contribution in [1.82, 2.24) is 0 Å². The fraction of sp³-hybridized carbons (Fsp3) is 0.462. The highest BCUT2D eigenvalue weighted by molar-refractivity contribution is 5.72. The minimum absolute atomic E-state index is 0.0871. The van der Waals surface area contributed by atoms with Crippen LogP contribution in [0.1, 0.15) is 87.5 Å². The number of phenols is 2. The molecule has 0 heterocycles. The number of hydrogen-bond acceptors (Lipinski definition) is 2. The zero-order valence-corrected chi connectivity index (χ0v) is 17.6. The van der Waals surface area contributed by atoms with Crippen LogP contribution in [-0.4, -0.2) is 10.2 Å². The molecule has 0 saturated carbocycles. The third-order valence-corrected chi connectivity index (χ3v) is 5.21. The Morgan fingerprint density at radius 2 is 1.32 bits per heavy atom. The van der Waals surface area contributed by atoms with Gasteiger partial charge in [0.2, 0.25) is 0 Å². The molecule has 2 N–H and O–H groups in total. The van der Waals surface area contributed by atoms with Gasteiger partial charge in [-0.15, -0.1) is 0 Å². The number of hydrogen-bond donors (Lipinski definition) is 2. The summed E-state index contributed by atoms with van der Waals surface area (Å²) in [5.41, 5.74) is 4.84. The molecule has 0 bridgehead atoms. The highest BCUT2D eigenvalue weighted by Gasteiger charge is 2.04. The number of unbranched alkanes of at least 4 members (excludes halogenated alkanes) is 6. The topological polar surface area (TPSA) is 40.5 Å². The standard InChI is InChI=1S/C26H36O2/c1-3-5-7-9-11-21-13-15-23(12-10-8-6-4-2)24(17-21)16-14-22-18-25(27)20-26(28)19-22/h13-20,27-28H,3-12H2,1-2H3/b16-14+. The van der Waals surface area contributed by atoms with Crippen LogP contribution in [0.4, 0.5) is 0 Å². The van der Waals surface area contributed by atoms with Crippen LogP contribution in [0.25, 0.3) is 12.2 Å². The molecule has 0 radical (unpaired) electrons. The average Bonchev–Trinajstić information content (AvgIpc) is 2.67. The van der Waals surface area contributed by atoms with Crippen LogP contribution in [-0.2, 0) is 12.8 Å². The molecule has 0 aromatic heterocycles. The van der Waals surface area contributed by atoms with E-state index in [4.69, 9.17) is 0 Å². The average molecular weight is 381 g/mol. The molecule has 0 aliphatic rings. The van der Waals surface area contributed by atoms with Crippen molar-refractivity contribution in [3.05, 3.63) is 58.7 Å². The first-order valence-electron chi connectivity index (χ1n) is 10.9. The monoisotopic (exact) mass is 380 g/mol. The zero-order valence-electron chi connectivity index (χ0n) is 17.6. The van der Waals surface area contributed by atoms with Crippen LogP contribution in [0.3, 0.4) is 0 Å². The molecular weight excluding hydrogens is 344 g/mol. The van der Waals surface area contributed by atoms with Gasteiger partial charge in [-0.25, -0.2) is 0 Å². The van der Waals surface area contributed by atoms with Gasteiger partial charge in [0.1, 0.15) is 11.5 Å². The second kappa shape index (κ2) is 12.3. The Morgan fingerprint density at radius 3 is 1.96 bits per heavy atom. The number of benzene rings is 2. The van der Waals surface area contributed by atoms with Crippen molar-refractivity contribution in [2.24, 2.45) is 0 Å².